The molecule has 65 heavy (non-hydrogen) atoms. The topological polar surface area (TPSA) is 30.7 Å². The molecule has 0 fully saturated rings. The van der Waals surface area contributed by atoms with E-state index in [0.29, 0.717) is 0 Å². The molecule has 332 valence electrons. The molecule has 4 aromatic heterocycles. The summed E-state index contributed by atoms with van der Waals surface area (Å²) < 4.78 is 2.60. The van der Waals surface area contributed by atoms with Gasteiger partial charge < -0.3 is 4.57 Å². The van der Waals surface area contributed by atoms with E-state index in [4.69, 9.17) is 9.97 Å². The predicted molar refractivity (Wildman–Crippen MR) is 285 cm³/mol. The van der Waals surface area contributed by atoms with Gasteiger partial charge in [0.05, 0.1) is 22.4 Å². The standard InChI is InChI=1S/C60H65N3S2/c1-6-9-12-13-14-17-38-63-52-39-41(4)20-31-48(52)49-32-30-47(40-53(49)63)54-36-37-56(65-54)51-34-33-50(55-35-21-42(5)64-55)59-60(51)62-58(46-28-24-44(25-29-46)19-16-11-8-3)57(61-59)45-26-22-43(23-27-45)18-15-10-7-2/h20-37,39-40H,6-19,38H2,1-5H3. The van der Waals surface area contributed by atoms with Crippen LogP contribution in [-0.2, 0) is 19.4 Å². The highest BCUT2D eigenvalue weighted by atomic mass is 32.1. The molecule has 0 spiro atoms. The Morgan fingerprint density at radius 2 is 0.923 bits per heavy atom. The number of fused-ring (bicyclic) bond motifs is 4. The van der Waals surface area contributed by atoms with E-state index in [9.17, 15) is 0 Å². The fourth-order valence-electron chi connectivity index (χ4n) is 9.62. The van der Waals surface area contributed by atoms with Gasteiger partial charge in [-0.25, -0.2) is 9.97 Å². The van der Waals surface area contributed by atoms with Gasteiger partial charge in [-0.05, 0) is 105 Å². The zero-order chi connectivity index (χ0) is 44.7. The third-order valence-electron chi connectivity index (χ3n) is 13.3. The van der Waals surface area contributed by atoms with E-state index in [-0.39, 0.29) is 0 Å². The third kappa shape index (κ3) is 9.93. The molecule has 0 saturated heterocycles. The molecule has 5 heteroatoms. The number of unbranched alkanes of at least 4 members (excludes halogenated alkanes) is 9. The molecule has 0 aliphatic carbocycles. The van der Waals surface area contributed by atoms with Crippen molar-refractivity contribution in [3.8, 4) is 53.8 Å². The van der Waals surface area contributed by atoms with Gasteiger partial charge in [0.1, 0.15) is 0 Å². The largest absolute Gasteiger partial charge is 0.340 e. The number of rotatable bonds is 20. The van der Waals surface area contributed by atoms with E-state index in [0.717, 1.165) is 64.1 Å². The second-order valence-corrected chi connectivity index (χ2v) is 20.7. The summed E-state index contributed by atoms with van der Waals surface area (Å²) in [5.74, 6) is 0. The van der Waals surface area contributed by atoms with Crippen molar-refractivity contribution in [2.45, 2.75) is 131 Å². The van der Waals surface area contributed by atoms with Crippen molar-refractivity contribution < 1.29 is 0 Å². The van der Waals surface area contributed by atoms with E-state index in [1.807, 2.05) is 22.7 Å². The third-order valence-corrected chi connectivity index (χ3v) is 15.5. The lowest BCUT2D eigenvalue weighted by Crippen LogP contribution is -1.99. The highest BCUT2D eigenvalue weighted by molar-refractivity contribution is 7.19. The molecule has 0 saturated carbocycles. The molecule has 9 rings (SSSR count). The zero-order valence-electron chi connectivity index (χ0n) is 39.3. The van der Waals surface area contributed by atoms with Crippen LogP contribution in [0.2, 0.25) is 0 Å². The second kappa shape index (κ2) is 20.9. The van der Waals surface area contributed by atoms with Crippen molar-refractivity contribution in [3.05, 3.63) is 143 Å². The van der Waals surface area contributed by atoms with Gasteiger partial charge in [-0.15, -0.1) is 22.7 Å². The maximum atomic E-state index is 5.74. The number of aromatic nitrogens is 3. The van der Waals surface area contributed by atoms with Crippen LogP contribution in [0.1, 0.15) is 119 Å². The van der Waals surface area contributed by atoms with Gasteiger partial charge in [0.15, 0.2) is 0 Å². The van der Waals surface area contributed by atoms with Crippen molar-refractivity contribution in [2.24, 2.45) is 0 Å². The molecule has 0 unspecified atom stereocenters. The van der Waals surface area contributed by atoms with Gasteiger partial charge in [0, 0.05) is 70.1 Å². The summed E-state index contributed by atoms with van der Waals surface area (Å²) in [6.07, 6.45) is 17.4. The first-order valence-electron chi connectivity index (χ1n) is 24.7. The average molecular weight is 892 g/mol. The molecule has 5 aromatic carbocycles. The zero-order valence-corrected chi connectivity index (χ0v) is 40.9. The summed E-state index contributed by atoms with van der Waals surface area (Å²) in [6.45, 7) is 12.3. The lowest BCUT2D eigenvalue weighted by molar-refractivity contribution is 0.571. The summed E-state index contributed by atoms with van der Waals surface area (Å²) in [4.78, 5) is 16.4. The summed E-state index contributed by atoms with van der Waals surface area (Å²) in [5.41, 5.74) is 16.3. The van der Waals surface area contributed by atoms with Crippen LogP contribution in [0.4, 0.5) is 0 Å². The first-order chi connectivity index (χ1) is 31.9. The SMILES string of the molecule is CCCCCCCCn1c2cc(C)ccc2c2ccc(-c3ccc(-c4ccc(-c5ccc(C)s5)c5nc(-c6ccc(CCCCC)cc6)c(-c6ccc(CCCCC)cc6)nc45)s3)cc21. The van der Waals surface area contributed by atoms with Gasteiger partial charge in [0.2, 0.25) is 0 Å². The average Bonchev–Trinajstić information content (AvgIpc) is 4.07. The molecule has 0 atom stereocenters. The Morgan fingerprint density at radius 3 is 1.51 bits per heavy atom. The van der Waals surface area contributed by atoms with Gasteiger partial charge in [0.25, 0.3) is 0 Å². The Morgan fingerprint density at radius 1 is 0.431 bits per heavy atom. The van der Waals surface area contributed by atoms with Crippen molar-refractivity contribution in [2.75, 3.05) is 0 Å². The van der Waals surface area contributed by atoms with Crippen molar-refractivity contribution in [3.63, 3.8) is 0 Å². The molecule has 9 aromatic rings. The molecule has 4 heterocycles. The molecule has 0 radical (unpaired) electrons. The Bertz CT molecular complexity index is 3020. The van der Waals surface area contributed by atoms with Crippen molar-refractivity contribution in [1.29, 1.82) is 0 Å². The molecular weight excluding hydrogens is 827 g/mol. The number of aryl methyl sites for hydroxylation is 5. The molecular formula is C60H65N3S2. The summed E-state index contributed by atoms with van der Waals surface area (Å²) in [5, 5.41) is 2.70. The van der Waals surface area contributed by atoms with Crippen LogP contribution < -0.4 is 0 Å². The quantitative estimate of drug-likeness (QED) is 0.0714. The lowest BCUT2D eigenvalue weighted by atomic mass is 9.98. The first-order valence-corrected chi connectivity index (χ1v) is 26.3. The minimum atomic E-state index is 0.938. The van der Waals surface area contributed by atoms with Crippen molar-refractivity contribution in [1.82, 2.24) is 14.5 Å². The number of hydrogen-bond donors (Lipinski definition) is 0. The predicted octanol–water partition coefficient (Wildman–Crippen LogP) is 18.6. The molecule has 0 aliphatic rings. The van der Waals surface area contributed by atoms with Gasteiger partial charge >= 0.3 is 0 Å². The Labute approximate surface area is 395 Å². The van der Waals surface area contributed by atoms with E-state index in [1.165, 1.54) is 141 Å². The maximum Gasteiger partial charge on any atom is 0.0988 e. The van der Waals surface area contributed by atoms with Crippen LogP contribution in [0.15, 0.2) is 121 Å². The smallest absolute Gasteiger partial charge is 0.0988 e. The van der Waals surface area contributed by atoms with Crippen LogP contribution >= 0.6 is 22.7 Å². The van der Waals surface area contributed by atoms with E-state index in [1.54, 1.807) is 0 Å². The van der Waals surface area contributed by atoms with Gasteiger partial charge in [-0.2, -0.15) is 0 Å². The molecule has 0 aliphatic heterocycles. The maximum absolute atomic E-state index is 5.74. The normalized spacial score (nSPS) is 11.8. The number of thiophene rings is 2. The van der Waals surface area contributed by atoms with Crippen LogP contribution in [0, 0.1) is 13.8 Å². The highest BCUT2D eigenvalue weighted by Crippen LogP contribution is 2.44. The summed E-state index contributed by atoms with van der Waals surface area (Å²) >= 11 is 3.69. The van der Waals surface area contributed by atoms with Crippen LogP contribution in [0.5, 0.6) is 0 Å². The van der Waals surface area contributed by atoms with Gasteiger partial charge in [-0.1, -0.05) is 163 Å². The van der Waals surface area contributed by atoms with Crippen LogP contribution in [0.3, 0.4) is 0 Å². The second-order valence-electron chi connectivity index (χ2n) is 18.3. The van der Waals surface area contributed by atoms with Crippen molar-refractivity contribution >= 4 is 55.5 Å². The molecule has 0 amide bonds. The molecule has 3 nitrogen and oxygen atoms in total. The van der Waals surface area contributed by atoms with E-state index >= 15 is 0 Å². The fourth-order valence-corrected chi connectivity index (χ4v) is 11.5. The minimum Gasteiger partial charge on any atom is -0.340 e. The Hall–Kier alpha value is -5.36. The number of nitrogens with zero attached hydrogens (tertiary/aromatic N) is 3. The lowest BCUT2D eigenvalue weighted by Gasteiger charge is -2.15. The van der Waals surface area contributed by atoms with Crippen LogP contribution in [-0.4, -0.2) is 14.5 Å². The van der Waals surface area contributed by atoms with Gasteiger partial charge in [-0.3, -0.25) is 0 Å². The summed E-state index contributed by atoms with van der Waals surface area (Å²) in [6, 6.07) is 46.1. The molecule has 0 bridgehead atoms. The first kappa shape index (κ1) is 44.8. The number of benzene rings is 5. The van der Waals surface area contributed by atoms with E-state index in [2.05, 4.69) is 161 Å². The fraction of sp³-hybridized carbons (Fsp3) is 0.333. The monoisotopic (exact) mass is 891 g/mol. The summed E-state index contributed by atoms with van der Waals surface area (Å²) in [7, 11) is 0. The Kier molecular flexibility index (Phi) is 14.4. The Balaban J connectivity index is 1.15. The number of hydrogen-bond acceptors (Lipinski definition) is 4. The van der Waals surface area contributed by atoms with E-state index < -0.39 is 0 Å². The van der Waals surface area contributed by atoms with Crippen LogP contribution in [0.25, 0.3) is 86.7 Å². The molecule has 0 N–H and O–H groups in total. The highest BCUT2D eigenvalue weighted by Gasteiger charge is 2.21. The minimum absolute atomic E-state index is 0.938.